The molecule has 2 aromatic heterocycles. The molecule has 0 saturated heterocycles. The molecule has 2 aromatic rings. The van der Waals surface area contributed by atoms with Gasteiger partial charge in [-0.25, -0.2) is 9.97 Å². The van der Waals surface area contributed by atoms with Gasteiger partial charge < -0.3 is 10.1 Å². The Morgan fingerprint density at radius 1 is 1.42 bits per heavy atom. The van der Waals surface area contributed by atoms with E-state index >= 15 is 0 Å². The van der Waals surface area contributed by atoms with Crippen LogP contribution in [0.5, 0.6) is 0 Å². The number of rotatable bonds is 5. The van der Waals surface area contributed by atoms with Crippen molar-refractivity contribution in [2.45, 2.75) is 13.5 Å². The van der Waals surface area contributed by atoms with Crippen LogP contribution >= 0.6 is 49.9 Å². The maximum atomic E-state index is 5.21. The van der Waals surface area contributed by atoms with E-state index in [1.54, 1.807) is 18.4 Å². The van der Waals surface area contributed by atoms with E-state index in [0.29, 0.717) is 6.61 Å². The maximum Gasteiger partial charge on any atom is 0.172 e. The Morgan fingerprint density at radius 3 is 2.79 bits per heavy atom. The van der Waals surface area contributed by atoms with Gasteiger partial charge in [0.1, 0.15) is 5.82 Å². The van der Waals surface area contributed by atoms with Gasteiger partial charge in [-0.2, -0.15) is 0 Å². The normalized spacial score (nSPS) is 10.7. The largest absolute Gasteiger partial charge is 0.378 e. The first-order chi connectivity index (χ1) is 9.15. The molecule has 0 spiro atoms. The molecule has 0 unspecified atom stereocenters. The van der Waals surface area contributed by atoms with Gasteiger partial charge in [0.2, 0.25) is 0 Å². The molecule has 0 aliphatic rings. The number of ether oxygens (including phenoxy) is 1. The van der Waals surface area contributed by atoms with E-state index in [-0.39, 0.29) is 0 Å². The van der Waals surface area contributed by atoms with Crippen LogP contribution in [0, 0.1) is 3.57 Å². The van der Waals surface area contributed by atoms with E-state index in [0.717, 1.165) is 36.1 Å². The van der Waals surface area contributed by atoms with E-state index in [1.165, 1.54) is 0 Å². The summed E-state index contributed by atoms with van der Waals surface area (Å²) in [6.45, 7) is 3.36. The number of anilines is 1. The molecule has 0 aliphatic carbocycles. The number of aromatic nitrogens is 2. The SMILES string of the molecule is CCNc1nc(-c2ccc(Br)s2)nc(COC)c1I. The van der Waals surface area contributed by atoms with Crippen molar-refractivity contribution in [1.29, 1.82) is 0 Å². The quantitative estimate of drug-likeness (QED) is 0.691. The summed E-state index contributed by atoms with van der Waals surface area (Å²) in [6, 6.07) is 4.02. The Kier molecular flexibility index (Phi) is 5.55. The van der Waals surface area contributed by atoms with E-state index in [4.69, 9.17) is 4.74 Å². The average molecular weight is 454 g/mol. The summed E-state index contributed by atoms with van der Waals surface area (Å²) < 4.78 is 7.30. The molecule has 2 rings (SSSR count). The predicted octanol–water partition coefficient (Wildman–Crippen LogP) is 4.15. The van der Waals surface area contributed by atoms with Gasteiger partial charge in [0.05, 0.1) is 24.5 Å². The van der Waals surface area contributed by atoms with Gasteiger partial charge in [-0.05, 0) is 57.6 Å². The second-order valence-electron chi connectivity index (χ2n) is 3.72. The van der Waals surface area contributed by atoms with Crippen molar-refractivity contribution >= 4 is 55.7 Å². The fourth-order valence-corrected chi connectivity index (χ4v) is 3.46. The summed E-state index contributed by atoms with van der Waals surface area (Å²) in [5, 5.41) is 3.27. The minimum atomic E-state index is 0.485. The van der Waals surface area contributed by atoms with E-state index in [1.807, 2.05) is 12.1 Å². The lowest BCUT2D eigenvalue weighted by Crippen LogP contribution is -2.08. The van der Waals surface area contributed by atoms with Crippen molar-refractivity contribution in [3.8, 4) is 10.7 Å². The molecule has 102 valence electrons. The van der Waals surface area contributed by atoms with Crippen LogP contribution in [-0.2, 0) is 11.3 Å². The highest BCUT2D eigenvalue weighted by molar-refractivity contribution is 14.1. The van der Waals surface area contributed by atoms with Gasteiger partial charge >= 0.3 is 0 Å². The number of nitrogens with zero attached hydrogens (tertiary/aromatic N) is 2. The number of methoxy groups -OCH3 is 1. The first-order valence-electron chi connectivity index (χ1n) is 5.70. The van der Waals surface area contributed by atoms with Crippen LogP contribution in [-0.4, -0.2) is 23.6 Å². The summed E-state index contributed by atoms with van der Waals surface area (Å²) >= 11 is 7.34. The van der Waals surface area contributed by atoms with Crippen LogP contribution in [0.15, 0.2) is 15.9 Å². The van der Waals surface area contributed by atoms with Crippen molar-refractivity contribution in [1.82, 2.24) is 9.97 Å². The second kappa shape index (κ2) is 6.96. The van der Waals surface area contributed by atoms with Crippen LogP contribution in [0.1, 0.15) is 12.6 Å². The number of thiophene rings is 1. The molecule has 0 atom stereocenters. The molecule has 0 aliphatic heterocycles. The Labute approximate surface area is 138 Å². The third kappa shape index (κ3) is 3.65. The Balaban J connectivity index is 2.48. The monoisotopic (exact) mass is 453 g/mol. The zero-order valence-electron chi connectivity index (χ0n) is 10.5. The van der Waals surface area contributed by atoms with Crippen molar-refractivity contribution in [2.75, 3.05) is 19.0 Å². The highest BCUT2D eigenvalue weighted by atomic mass is 127. The van der Waals surface area contributed by atoms with Gasteiger partial charge in [0.25, 0.3) is 0 Å². The van der Waals surface area contributed by atoms with Gasteiger partial charge in [-0.1, -0.05) is 0 Å². The first-order valence-corrected chi connectivity index (χ1v) is 8.39. The molecule has 1 N–H and O–H groups in total. The molecular formula is C12H13BrIN3OS. The lowest BCUT2D eigenvalue weighted by Gasteiger charge is -2.11. The topological polar surface area (TPSA) is 47.0 Å². The van der Waals surface area contributed by atoms with Crippen molar-refractivity contribution in [3.05, 3.63) is 25.2 Å². The number of hydrogen-bond acceptors (Lipinski definition) is 5. The molecule has 19 heavy (non-hydrogen) atoms. The third-order valence-electron chi connectivity index (χ3n) is 2.34. The number of halogens is 2. The number of nitrogens with one attached hydrogen (secondary N) is 1. The molecule has 0 bridgehead atoms. The fourth-order valence-electron chi connectivity index (χ4n) is 1.56. The summed E-state index contributed by atoms with van der Waals surface area (Å²) in [7, 11) is 1.67. The lowest BCUT2D eigenvalue weighted by molar-refractivity contribution is 0.181. The molecule has 0 saturated carbocycles. The van der Waals surface area contributed by atoms with Crippen molar-refractivity contribution in [3.63, 3.8) is 0 Å². The Hall–Kier alpha value is -0.250. The predicted molar refractivity (Wildman–Crippen MR) is 90.6 cm³/mol. The zero-order chi connectivity index (χ0) is 13.8. The highest BCUT2D eigenvalue weighted by Crippen LogP contribution is 2.31. The van der Waals surface area contributed by atoms with Crippen molar-refractivity contribution < 1.29 is 4.74 Å². The molecule has 0 aromatic carbocycles. The fraction of sp³-hybridized carbons (Fsp3) is 0.333. The minimum absolute atomic E-state index is 0.485. The van der Waals surface area contributed by atoms with E-state index in [9.17, 15) is 0 Å². The second-order valence-corrected chi connectivity index (χ2v) is 7.27. The van der Waals surface area contributed by atoms with Crippen LogP contribution < -0.4 is 5.32 Å². The van der Waals surface area contributed by atoms with Gasteiger partial charge in [-0.15, -0.1) is 11.3 Å². The van der Waals surface area contributed by atoms with E-state index in [2.05, 4.69) is 60.7 Å². The molecule has 2 heterocycles. The standard InChI is InChI=1S/C12H13BrIN3OS/c1-3-15-12-10(14)7(6-18-2)16-11(17-12)8-4-5-9(13)19-8/h4-5H,3,6H2,1-2H3,(H,15,16,17). The molecular weight excluding hydrogens is 441 g/mol. The molecule has 0 fully saturated rings. The Bertz CT molecular complexity index is 549. The van der Waals surface area contributed by atoms with Crippen molar-refractivity contribution in [2.24, 2.45) is 0 Å². The van der Waals surface area contributed by atoms with Crippen LogP contribution in [0.3, 0.4) is 0 Å². The number of hydrogen-bond donors (Lipinski definition) is 1. The van der Waals surface area contributed by atoms with Gasteiger partial charge in [-0.3, -0.25) is 0 Å². The van der Waals surface area contributed by atoms with Gasteiger partial charge in [0.15, 0.2) is 5.82 Å². The van der Waals surface area contributed by atoms with E-state index < -0.39 is 0 Å². The van der Waals surface area contributed by atoms with Crippen LogP contribution in [0.25, 0.3) is 10.7 Å². The molecule has 0 radical (unpaired) electrons. The van der Waals surface area contributed by atoms with Crippen LogP contribution in [0.2, 0.25) is 0 Å². The smallest absolute Gasteiger partial charge is 0.172 e. The molecule has 4 nitrogen and oxygen atoms in total. The average Bonchev–Trinajstić information content (AvgIpc) is 2.81. The maximum absolute atomic E-state index is 5.21. The summed E-state index contributed by atoms with van der Waals surface area (Å²) in [5.74, 6) is 1.60. The lowest BCUT2D eigenvalue weighted by atomic mass is 10.3. The Morgan fingerprint density at radius 2 is 2.21 bits per heavy atom. The minimum Gasteiger partial charge on any atom is -0.378 e. The van der Waals surface area contributed by atoms with Crippen LogP contribution in [0.4, 0.5) is 5.82 Å². The highest BCUT2D eigenvalue weighted by Gasteiger charge is 2.14. The first kappa shape index (κ1) is 15.1. The molecule has 0 amide bonds. The zero-order valence-corrected chi connectivity index (χ0v) is 15.1. The molecule has 7 heteroatoms. The summed E-state index contributed by atoms with van der Waals surface area (Å²) in [6.07, 6.45) is 0. The van der Waals surface area contributed by atoms with Gasteiger partial charge in [0, 0.05) is 13.7 Å². The summed E-state index contributed by atoms with van der Waals surface area (Å²) in [5.41, 5.74) is 0.911. The third-order valence-corrected chi connectivity index (χ3v) is 5.09. The summed E-state index contributed by atoms with van der Waals surface area (Å²) in [4.78, 5) is 10.2.